The first-order chi connectivity index (χ1) is 8.20. The Hall–Kier alpha value is -0.570. The van der Waals surface area contributed by atoms with E-state index >= 15 is 0 Å². The van der Waals surface area contributed by atoms with Crippen molar-refractivity contribution in [1.82, 2.24) is 4.90 Å². The maximum Gasteiger partial charge on any atom is 0.0238 e. The van der Waals surface area contributed by atoms with Gasteiger partial charge in [0.25, 0.3) is 0 Å². The van der Waals surface area contributed by atoms with Gasteiger partial charge in [0.15, 0.2) is 0 Å². The number of aryl methyl sites for hydroxylation is 2. The lowest BCUT2D eigenvalue weighted by Gasteiger charge is -2.32. The molecule has 1 saturated heterocycles. The molecule has 0 atom stereocenters. The van der Waals surface area contributed by atoms with E-state index in [0.29, 0.717) is 0 Å². The Morgan fingerprint density at radius 2 is 1.72 bits per heavy atom. The molecular weight excluding hydrogens is 244 g/mol. The van der Waals surface area contributed by atoms with Gasteiger partial charge in [0, 0.05) is 6.54 Å². The van der Waals surface area contributed by atoms with Gasteiger partial charge in [-0.2, -0.15) is 0 Å². The van der Waals surface area contributed by atoms with Crippen LogP contribution >= 0.6 is 12.4 Å². The van der Waals surface area contributed by atoms with Gasteiger partial charge >= 0.3 is 0 Å². The molecule has 0 saturated carbocycles. The summed E-state index contributed by atoms with van der Waals surface area (Å²) in [4.78, 5) is 2.57. The molecule has 0 aliphatic carbocycles. The van der Waals surface area contributed by atoms with Gasteiger partial charge in [-0.25, -0.2) is 0 Å². The monoisotopic (exact) mass is 268 g/mol. The summed E-state index contributed by atoms with van der Waals surface area (Å²) in [7, 11) is 0. The third kappa shape index (κ3) is 3.71. The molecule has 0 bridgehead atoms. The quantitative estimate of drug-likeness (QED) is 0.913. The summed E-state index contributed by atoms with van der Waals surface area (Å²) in [5, 5.41) is 0. The molecule has 1 aliphatic heterocycles. The van der Waals surface area contributed by atoms with Gasteiger partial charge < -0.3 is 5.73 Å². The van der Waals surface area contributed by atoms with Gasteiger partial charge in [0.1, 0.15) is 0 Å². The fourth-order valence-electron chi connectivity index (χ4n) is 2.70. The average Bonchev–Trinajstić information content (AvgIpc) is 2.35. The maximum absolute atomic E-state index is 5.73. The topological polar surface area (TPSA) is 29.3 Å². The van der Waals surface area contributed by atoms with Crippen molar-refractivity contribution in [2.75, 3.05) is 19.6 Å². The van der Waals surface area contributed by atoms with Gasteiger partial charge in [0.2, 0.25) is 0 Å². The standard InChI is InChI=1S/C15H24N2.ClH/c1-12-4-3-5-13(2)15(12)11-17-8-6-14(10-16)7-9-17;/h3-5,14H,6-11,16H2,1-2H3;1H. The first-order valence-electron chi connectivity index (χ1n) is 6.68. The fraction of sp³-hybridized carbons (Fsp3) is 0.600. The van der Waals surface area contributed by atoms with Crippen molar-refractivity contribution in [1.29, 1.82) is 0 Å². The SMILES string of the molecule is Cc1cccc(C)c1CN1CCC(CN)CC1.Cl. The summed E-state index contributed by atoms with van der Waals surface area (Å²) < 4.78 is 0. The van der Waals surface area contributed by atoms with Crippen molar-refractivity contribution in [2.45, 2.75) is 33.2 Å². The Labute approximate surface area is 117 Å². The lowest BCUT2D eigenvalue weighted by molar-refractivity contribution is 0.180. The Bertz CT molecular complexity index is 351. The van der Waals surface area contributed by atoms with Crippen LogP contribution in [0.2, 0.25) is 0 Å². The predicted octanol–water partition coefficient (Wildman–Crippen LogP) is 2.90. The first kappa shape index (κ1) is 15.5. The predicted molar refractivity (Wildman–Crippen MR) is 80.2 cm³/mol. The molecular formula is C15H25ClN2. The van der Waals surface area contributed by atoms with Crippen LogP contribution in [-0.2, 0) is 6.54 Å². The van der Waals surface area contributed by atoms with Gasteiger partial charge in [-0.15, -0.1) is 12.4 Å². The number of nitrogens with zero attached hydrogens (tertiary/aromatic N) is 1. The zero-order chi connectivity index (χ0) is 12.3. The van der Waals surface area contributed by atoms with Crippen LogP contribution in [0.3, 0.4) is 0 Å². The molecule has 0 radical (unpaired) electrons. The maximum atomic E-state index is 5.73. The summed E-state index contributed by atoms with van der Waals surface area (Å²) in [6.45, 7) is 8.81. The van der Waals surface area contributed by atoms with Crippen LogP contribution < -0.4 is 5.73 Å². The van der Waals surface area contributed by atoms with Crippen LogP contribution in [-0.4, -0.2) is 24.5 Å². The van der Waals surface area contributed by atoms with E-state index in [1.165, 1.54) is 42.6 Å². The molecule has 1 aromatic rings. The van der Waals surface area contributed by atoms with Crippen molar-refractivity contribution in [3.8, 4) is 0 Å². The van der Waals surface area contributed by atoms with E-state index < -0.39 is 0 Å². The second-order valence-electron chi connectivity index (χ2n) is 5.33. The van der Waals surface area contributed by atoms with Gasteiger partial charge in [-0.1, -0.05) is 18.2 Å². The number of nitrogens with two attached hydrogens (primary N) is 1. The van der Waals surface area contributed by atoms with Crippen LogP contribution in [0.25, 0.3) is 0 Å². The molecule has 0 amide bonds. The summed E-state index contributed by atoms with van der Waals surface area (Å²) in [5.41, 5.74) is 10.1. The Morgan fingerprint density at radius 1 is 1.17 bits per heavy atom. The summed E-state index contributed by atoms with van der Waals surface area (Å²) >= 11 is 0. The lowest BCUT2D eigenvalue weighted by Crippen LogP contribution is -2.35. The lowest BCUT2D eigenvalue weighted by atomic mass is 9.95. The normalized spacial score (nSPS) is 17.5. The van der Waals surface area contributed by atoms with E-state index in [0.717, 1.165) is 19.0 Å². The van der Waals surface area contributed by atoms with Gasteiger partial charge in [-0.05, 0) is 68.9 Å². The molecule has 1 fully saturated rings. The third-order valence-electron chi connectivity index (χ3n) is 4.07. The molecule has 2 rings (SSSR count). The van der Waals surface area contributed by atoms with Crippen LogP contribution in [0.5, 0.6) is 0 Å². The second-order valence-corrected chi connectivity index (χ2v) is 5.33. The van der Waals surface area contributed by atoms with E-state index in [-0.39, 0.29) is 12.4 Å². The molecule has 0 spiro atoms. The second kappa shape index (κ2) is 7.13. The highest BCUT2D eigenvalue weighted by Crippen LogP contribution is 2.21. The largest absolute Gasteiger partial charge is 0.330 e. The van der Waals surface area contributed by atoms with E-state index in [1.807, 2.05) is 0 Å². The Morgan fingerprint density at radius 3 is 2.22 bits per heavy atom. The Kier molecular flexibility index (Phi) is 6.13. The summed E-state index contributed by atoms with van der Waals surface area (Å²) in [6.07, 6.45) is 2.53. The van der Waals surface area contributed by atoms with Crippen LogP contribution in [0.15, 0.2) is 18.2 Å². The molecule has 1 heterocycles. The zero-order valence-corrected chi connectivity index (χ0v) is 12.3. The molecule has 0 unspecified atom stereocenters. The number of piperidine rings is 1. The third-order valence-corrected chi connectivity index (χ3v) is 4.07. The molecule has 3 heteroatoms. The highest BCUT2D eigenvalue weighted by atomic mass is 35.5. The molecule has 2 nitrogen and oxygen atoms in total. The summed E-state index contributed by atoms with van der Waals surface area (Å²) in [6, 6.07) is 6.58. The fourth-order valence-corrected chi connectivity index (χ4v) is 2.70. The highest BCUT2D eigenvalue weighted by molar-refractivity contribution is 5.85. The van der Waals surface area contributed by atoms with E-state index in [1.54, 1.807) is 0 Å². The van der Waals surface area contributed by atoms with Crippen molar-refractivity contribution in [2.24, 2.45) is 11.7 Å². The zero-order valence-electron chi connectivity index (χ0n) is 11.5. The van der Waals surface area contributed by atoms with Crippen LogP contribution in [0.4, 0.5) is 0 Å². The number of halogens is 1. The minimum atomic E-state index is 0. The van der Waals surface area contributed by atoms with E-state index in [9.17, 15) is 0 Å². The van der Waals surface area contributed by atoms with Gasteiger partial charge in [-0.3, -0.25) is 4.90 Å². The van der Waals surface area contributed by atoms with E-state index in [2.05, 4.69) is 36.9 Å². The molecule has 2 N–H and O–H groups in total. The number of rotatable bonds is 3. The van der Waals surface area contributed by atoms with Crippen LogP contribution in [0.1, 0.15) is 29.5 Å². The van der Waals surface area contributed by atoms with Crippen LogP contribution in [0, 0.1) is 19.8 Å². The minimum absolute atomic E-state index is 0. The Balaban J connectivity index is 0.00000162. The molecule has 1 aromatic carbocycles. The molecule has 0 aromatic heterocycles. The molecule has 102 valence electrons. The number of benzene rings is 1. The van der Waals surface area contributed by atoms with Crippen molar-refractivity contribution in [3.05, 3.63) is 34.9 Å². The molecule has 18 heavy (non-hydrogen) atoms. The molecule has 1 aliphatic rings. The summed E-state index contributed by atoms with van der Waals surface area (Å²) in [5.74, 6) is 0.754. The van der Waals surface area contributed by atoms with Gasteiger partial charge in [0.05, 0.1) is 0 Å². The van der Waals surface area contributed by atoms with Crippen molar-refractivity contribution in [3.63, 3.8) is 0 Å². The smallest absolute Gasteiger partial charge is 0.0238 e. The number of likely N-dealkylation sites (tertiary alicyclic amines) is 1. The average molecular weight is 269 g/mol. The first-order valence-corrected chi connectivity index (χ1v) is 6.68. The minimum Gasteiger partial charge on any atom is -0.330 e. The number of hydrogen-bond acceptors (Lipinski definition) is 2. The van der Waals surface area contributed by atoms with E-state index in [4.69, 9.17) is 5.73 Å². The highest BCUT2D eigenvalue weighted by Gasteiger charge is 2.18. The van der Waals surface area contributed by atoms with Crippen molar-refractivity contribution >= 4 is 12.4 Å². The number of hydrogen-bond donors (Lipinski definition) is 1. The van der Waals surface area contributed by atoms with Crippen molar-refractivity contribution < 1.29 is 0 Å².